The highest BCUT2D eigenvalue weighted by atomic mass is 35.5. The van der Waals surface area contributed by atoms with Gasteiger partial charge in [0.05, 0.1) is 10.9 Å². The van der Waals surface area contributed by atoms with Gasteiger partial charge in [-0.25, -0.2) is 4.79 Å². The minimum absolute atomic E-state index is 0.223. The summed E-state index contributed by atoms with van der Waals surface area (Å²) in [4.78, 5) is 12.8. The first kappa shape index (κ1) is 15.0. The third-order valence-electron chi connectivity index (χ3n) is 3.11. The number of fused-ring (bicyclic) bond motifs is 1. The summed E-state index contributed by atoms with van der Waals surface area (Å²) < 4.78 is 11.7. The molecule has 0 spiro atoms. The van der Waals surface area contributed by atoms with Crippen LogP contribution in [-0.4, -0.2) is 19.2 Å². The van der Waals surface area contributed by atoms with E-state index in [-0.39, 0.29) is 6.03 Å². The van der Waals surface area contributed by atoms with E-state index < -0.39 is 0 Å². The van der Waals surface area contributed by atoms with Crippen molar-refractivity contribution < 1.29 is 14.3 Å². The number of thiophene rings is 1. The second-order valence-electron chi connectivity index (χ2n) is 4.72. The van der Waals surface area contributed by atoms with Gasteiger partial charge in [-0.1, -0.05) is 17.7 Å². The van der Waals surface area contributed by atoms with E-state index in [9.17, 15) is 4.79 Å². The average molecular weight is 339 g/mol. The van der Waals surface area contributed by atoms with Gasteiger partial charge >= 0.3 is 6.03 Å². The largest absolute Gasteiger partial charge is 0.486 e. The highest BCUT2D eigenvalue weighted by Crippen LogP contribution is 2.30. The third-order valence-corrected chi connectivity index (χ3v) is 4.34. The number of rotatable bonds is 4. The quantitative estimate of drug-likeness (QED) is 0.900. The van der Waals surface area contributed by atoms with Crippen molar-refractivity contribution in [2.24, 2.45) is 0 Å². The fourth-order valence-electron chi connectivity index (χ4n) is 2.06. The molecule has 2 amide bonds. The molecule has 0 fully saturated rings. The number of halogens is 1. The van der Waals surface area contributed by atoms with Crippen molar-refractivity contribution in [2.75, 3.05) is 13.2 Å². The Morgan fingerprint density at radius 3 is 2.64 bits per heavy atom. The summed E-state index contributed by atoms with van der Waals surface area (Å²) in [5.74, 6) is 1.47. The monoisotopic (exact) mass is 338 g/mol. The molecule has 0 bridgehead atoms. The maximum Gasteiger partial charge on any atom is 0.315 e. The zero-order valence-electron chi connectivity index (χ0n) is 11.7. The fourth-order valence-corrected chi connectivity index (χ4v) is 3.08. The number of hydrogen-bond acceptors (Lipinski definition) is 4. The average Bonchev–Trinajstić information content (AvgIpc) is 2.96. The van der Waals surface area contributed by atoms with E-state index >= 15 is 0 Å². The summed E-state index contributed by atoms with van der Waals surface area (Å²) in [6.45, 7) is 2.01. The number of urea groups is 1. The van der Waals surface area contributed by atoms with E-state index in [0.717, 1.165) is 21.9 Å². The number of carbonyl (C=O) groups is 1. The summed E-state index contributed by atoms with van der Waals surface area (Å²) in [5, 5.41) is 5.60. The lowest BCUT2D eigenvalue weighted by molar-refractivity contribution is 0.171. The maximum atomic E-state index is 11.8. The predicted octanol–water partition coefficient (Wildman–Crippen LogP) is 3.17. The molecule has 0 saturated heterocycles. The van der Waals surface area contributed by atoms with Crippen LogP contribution in [0.25, 0.3) is 0 Å². The van der Waals surface area contributed by atoms with Crippen LogP contribution in [0.1, 0.15) is 10.4 Å². The van der Waals surface area contributed by atoms with Gasteiger partial charge in [-0.2, -0.15) is 0 Å². The molecule has 2 heterocycles. The number of carbonyl (C=O) groups excluding carboxylic acids is 1. The van der Waals surface area contributed by atoms with Gasteiger partial charge in [0.2, 0.25) is 0 Å². The fraction of sp³-hybridized carbons (Fsp3) is 0.267. The van der Waals surface area contributed by atoms with Crippen molar-refractivity contribution in [3.05, 3.63) is 45.1 Å². The Hall–Kier alpha value is -1.92. The Kier molecular flexibility index (Phi) is 4.70. The molecule has 0 unspecified atom stereocenters. The summed E-state index contributed by atoms with van der Waals surface area (Å²) in [6.07, 6.45) is 0. The lowest BCUT2D eigenvalue weighted by Gasteiger charge is -2.19. The van der Waals surface area contributed by atoms with E-state index in [1.54, 1.807) is 0 Å². The van der Waals surface area contributed by atoms with Gasteiger partial charge in [-0.3, -0.25) is 0 Å². The number of amides is 2. The van der Waals surface area contributed by atoms with Crippen LogP contribution in [0.4, 0.5) is 4.79 Å². The minimum Gasteiger partial charge on any atom is -0.486 e. The predicted molar refractivity (Wildman–Crippen MR) is 85.8 cm³/mol. The number of hydrogen-bond donors (Lipinski definition) is 2. The Bertz CT molecular complexity index is 675. The van der Waals surface area contributed by atoms with Crippen molar-refractivity contribution in [3.63, 3.8) is 0 Å². The van der Waals surface area contributed by atoms with Gasteiger partial charge in [-0.05, 0) is 29.8 Å². The molecular weight excluding hydrogens is 324 g/mol. The SMILES string of the molecule is O=C(NCc1ccc2c(c1)OCCO2)NCc1ccc(Cl)s1. The Labute approximate surface area is 137 Å². The van der Waals surface area contributed by atoms with Crippen LogP contribution in [0.2, 0.25) is 4.34 Å². The molecule has 0 saturated carbocycles. The highest BCUT2D eigenvalue weighted by molar-refractivity contribution is 7.16. The summed E-state index contributed by atoms with van der Waals surface area (Å²) >= 11 is 7.30. The molecule has 2 N–H and O–H groups in total. The summed E-state index contributed by atoms with van der Waals surface area (Å²) in [5.41, 5.74) is 0.957. The van der Waals surface area contributed by atoms with Gasteiger partial charge < -0.3 is 20.1 Å². The molecule has 1 aliphatic rings. The zero-order valence-corrected chi connectivity index (χ0v) is 13.3. The lowest BCUT2D eigenvalue weighted by Crippen LogP contribution is -2.34. The van der Waals surface area contributed by atoms with E-state index in [1.165, 1.54) is 11.3 Å². The second kappa shape index (κ2) is 6.89. The zero-order chi connectivity index (χ0) is 15.4. The smallest absolute Gasteiger partial charge is 0.315 e. The minimum atomic E-state index is -0.223. The van der Waals surface area contributed by atoms with Gasteiger partial charge in [0.15, 0.2) is 11.5 Å². The summed E-state index contributed by atoms with van der Waals surface area (Å²) in [7, 11) is 0. The third kappa shape index (κ3) is 3.84. The first-order valence-corrected chi connectivity index (χ1v) is 8.04. The molecule has 1 aliphatic heterocycles. The molecule has 2 aromatic rings. The van der Waals surface area contributed by atoms with Crippen molar-refractivity contribution in [1.82, 2.24) is 10.6 Å². The molecule has 7 heteroatoms. The van der Waals surface area contributed by atoms with Crippen LogP contribution < -0.4 is 20.1 Å². The second-order valence-corrected chi connectivity index (χ2v) is 6.52. The van der Waals surface area contributed by atoms with Gasteiger partial charge in [-0.15, -0.1) is 11.3 Å². The molecular formula is C15H15ClN2O3S. The molecule has 0 atom stereocenters. The van der Waals surface area contributed by atoms with Crippen LogP contribution in [0.15, 0.2) is 30.3 Å². The van der Waals surface area contributed by atoms with E-state index in [4.69, 9.17) is 21.1 Å². The van der Waals surface area contributed by atoms with Gasteiger partial charge in [0.25, 0.3) is 0 Å². The Balaban J connectivity index is 1.48. The van der Waals surface area contributed by atoms with Crippen molar-refractivity contribution in [1.29, 1.82) is 0 Å². The lowest BCUT2D eigenvalue weighted by atomic mass is 10.2. The molecule has 0 radical (unpaired) electrons. The van der Waals surface area contributed by atoms with Crippen molar-refractivity contribution in [2.45, 2.75) is 13.1 Å². The topological polar surface area (TPSA) is 59.6 Å². The number of nitrogens with one attached hydrogen (secondary N) is 2. The first-order valence-electron chi connectivity index (χ1n) is 6.85. The van der Waals surface area contributed by atoms with Gasteiger partial charge in [0, 0.05) is 11.4 Å². The molecule has 0 aliphatic carbocycles. The van der Waals surface area contributed by atoms with Crippen LogP contribution in [0, 0.1) is 0 Å². The van der Waals surface area contributed by atoms with Gasteiger partial charge in [0.1, 0.15) is 13.2 Å². The van der Waals surface area contributed by atoms with Crippen LogP contribution >= 0.6 is 22.9 Å². The van der Waals surface area contributed by atoms with Crippen molar-refractivity contribution >= 4 is 29.0 Å². The first-order chi connectivity index (χ1) is 10.7. The van der Waals surface area contributed by atoms with E-state index in [1.807, 2.05) is 30.3 Å². The summed E-state index contributed by atoms with van der Waals surface area (Å²) in [6, 6.07) is 9.14. The maximum absolute atomic E-state index is 11.8. The van der Waals surface area contributed by atoms with Crippen LogP contribution in [0.5, 0.6) is 11.5 Å². The van der Waals surface area contributed by atoms with Crippen LogP contribution in [0.3, 0.4) is 0 Å². The molecule has 116 valence electrons. The normalized spacial score (nSPS) is 12.8. The van der Waals surface area contributed by atoms with Crippen LogP contribution in [-0.2, 0) is 13.1 Å². The molecule has 3 rings (SSSR count). The van der Waals surface area contributed by atoms with E-state index in [2.05, 4.69) is 10.6 Å². The number of benzene rings is 1. The Morgan fingerprint density at radius 1 is 1.09 bits per heavy atom. The Morgan fingerprint density at radius 2 is 1.86 bits per heavy atom. The molecule has 22 heavy (non-hydrogen) atoms. The highest BCUT2D eigenvalue weighted by Gasteiger charge is 2.12. The van der Waals surface area contributed by atoms with Crippen molar-refractivity contribution in [3.8, 4) is 11.5 Å². The number of ether oxygens (including phenoxy) is 2. The molecule has 5 nitrogen and oxygen atoms in total. The van der Waals surface area contributed by atoms with E-state index in [0.29, 0.717) is 30.6 Å². The standard InChI is InChI=1S/C15H15ClN2O3S/c16-14-4-2-11(22-14)9-18-15(19)17-8-10-1-3-12-13(7-10)21-6-5-20-12/h1-4,7H,5-6,8-9H2,(H2,17,18,19). The molecule has 1 aromatic heterocycles. The molecule has 1 aromatic carbocycles.